The zero-order valence-electron chi connectivity index (χ0n) is 25.4. The largest absolute Gasteiger partial charge is 0.296 e. The number of allylic oxidation sites excluding steroid dienone is 2. The fourth-order valence-electron chi connectivity index (χ4n) is 7.60. The van der Waals surface area contributed by atoms with Crippen LogP contribution in [0.25, 0.3) is 72.8 Å². The van der Waals surface area contributed by atoms with E-state index in [1.54, 1.807) is 0 Å². The van der Waals surface area contributed by atoms with Crippen molar-refractivity contribution >= 4 is 44.7 Å². The number of pyridine rings is 1. The first-order chi connectivity index (χ1) is 22.3. The molecule has 3 heteroatoms. The summed E-state index contributed by atoms with van der Waals surface area (Å²) in [5.74, 6) is 1.08. The third kappa shape index (κ3) is 4.11. The van der Waals surface area contributed by atoms with Crippen LogP contribution in [0.3, 0.4) is 0 Å². The van der Waals surface area contributed by atoms with Gasteiger partial charge in [-0.15, -0.1) is 0 Å². The van der Waals surface area contributed by atoms with Crippen LogP contribution in [-0.4, -0.2) is 14.5 Å². The van der Waals surface area contributed by atoms with E-state index in [0.717, 1.165) is 71.6 Å². The van der Waals surface area contributed by atoms with E-state index in [-0.39, 0.29) is 0 Å². The van der Waals surface area contributed by atoms with Crippen LogP contribution in [-0.2, 0) is 19.3 Å². The van der Waals surface area contributed by atoms with Gasteiger partial charge in [0.05, 0.1) is 22.4 Å². The Kier molecular flexibility index (Phi) is 6.05. The highest BCUT2D eigenvalue weighted by Crippen LogP contribution is 2.44. The van der Waals surface area contributed by atoms with Gasteiger partial charge in [0.2, 0.25) is 0 Å². The first-order valence-electron chi connectivity index (χ1n) is 16.2. The summed E-state index contributed by atoms with van der Waals surface area (Å²) in [6.45, 7) is 2.17. The quantitative estimate of drug-likeness (QED) is 0.194. The Morgan fingerprint density at radius 2 is 1.29 bits per heavy atom. The lowest BCUT2D eigenvalue weighted by atomic mass is 9.82. The molecule has 0 radical (unpaired) electrons. The minimum Gasteiger partial charge on any atom is -0.296 e. The number of fused-ring (bicyclic) bond motifs is 9. The van der Waals surface area contributed by atoms with Crippen LogP contribution >= 0.6 is 0 Å². The minimum absolute atomic E-state index is 0.883. The average Bonchev–Trinajstić information content (AvgIpc) is 3.50. The predicted octanol–water partition coefficient (Wildman–Crippen LogP) is 10.5. The Labute approximate surface area is 263 Å². The lowest BCUT2D eigenvalue weighted by Crippen LogP contribution is -2.07. The zero-order chi connectivity index (χ0) is 29.9. The van der Waals surface area contributed by atoms with Gasteiger partial charge in [0.25, 0.3) is 0 Å². The SMILES string of the molecule is CCc1nc2ccccc2n1-c1ccc(-c2ccc(-c3nc4c(c5c6c(c7ccccc7c35)C=CCC6)CCC=C4)cc2)cc1. The number of aromatic nitrogens is 3. The third-order valence-electron chi connectivity index (χ3n) is 9.69. The van der Waals surface area contributed by atoms with Gasteiger partial charge in [0.1, 0.15) is 5.82 Å². The molecule has 45 heavy (non-hydrogen) atoms. The van der Waals surface area contributed by atoms with Crippen molar-refractivity contribution in [3.8, 4) is 28.1 Å². The van der Waals surface area contributed by atoms with E-state index in [2.05, 4.69) is 133 Å². The van der Waals surface area contributed by atoms with E-state index >= 15 is 0 Å². The molecule has 0 bridgehead atoms. The maximum Gasteiger partial charge on any atom is 0.114 e. The van der Waals surface area contributed by atoms with Crippen molar-refractivity contribution in [3.63, 3.8) is 0 Å². The molecule has 2 aliphatic carbocycles. The second kappa shape index (κ2) is 10.4. The van der Waals surface area contributed by atoms with Crippen LogP contribution in [0.4, 0.5) is 0 Å². The Morgan fingerprint density at radius 1 is 0.622 bits per heavy atom. The topological polar surface area (TPSA) is 30.7 Å². The van der Waals surface area contributed by atoms with E-state index in [1.165, 1.54) is 49.4 Å². The highest BCUT2D eigenvalue weighted by Gasteiger charge is 2.23. The van der Waals surface area contributed by atoms with E-state index in [1.807, 2.05) is 0 Å². The molecule has 0 saturated carbocycles. The maximum atomic E-state index is 5.38. The van der Waals surface area contributed by atoms with Gasteiger partial charge >= 0.3 is 0 Å². The molecule has 0 spiro atoms. The molecule has 0 amide bonds. The molecular weight excluding hydrogens is 546 g/mol. The van der Waals surface area contributed by atoms with Crippen LogP contribution in [0.2, 0.25) is 0 Å². The summed E-state index contributed by atoms with van der Waals surface area (Å²) < 4.78 is 2.28. The van der Waals surface area contributed by atoms with Crippen LogP contribution in [0.15, 0.2) is 109 Å². The smallest absolute Gasteiger partial charge is 0.114 e. The van der Waals surface area contributed by atoms with Gasteiger partial charge in [0, 0.05) is 23.1 Å². The van der Waals surface area contributed by atoms with Crippen molar-refractivity contribution in [1.82, 2.24) is 14.5 Å². The van der Waals surface area contributed by atoms with Gasteiger partial charge < -0.3 is 0 Å². The molecular formula is C42H33N3. The van der Waals surface area contributed by atoms with Gasteiger partial charge in [-0.3, -0.25) is 4.57 Å². The van der Waals surface area contributed by atoms with E-state index in [9.17, 15) is 0 Å². The summed E-state index contributed by atoms with van der Waals surface area (Å²) in [7, 11) is 0. The Morgan fingerprint density at radius 3 is 2.09 bits per heavy atom. The molecule has 216 valence electrons. The van der Waals surface area contributed by atoms with Crippen LogP contribution in [0.1, 0.15) is 48.0 Å². The normalized spacial score (nSPS) is 13.9. The summed E-state index contributed by atoms with van der Waals surface area (Å²) in [4.78, 5) is 10.2. The summed E-state index contributed by atoms with van der Waals surface area (Å²) in [6.07, 6.45) is 14.4. The van der Waals surface area contributed by atoms with Gasteiger partial charge in [-0.1, -0.05) is 97.9 Å². The number of hydrogen-bond acceptors (Lipinski definition) is 2. The molecule has 0 aliphatic heterocycles. The Bertz CT molecular complexity index is 2330. The summed E-state index contributed by atoms with van der Waals surface area (Å²) in [5, 5.41) is 5.38. The number of rotatable bonds is 4. The van der Waals surface area contributed by atoms with Crippen LogP contribution in [0.5, 0.6) is 0 Å². The molecule has 5 aromatic carbocycles. The monoisotopic (exact) mass is 579 g/mol. The molecule has 2 aromatic heterocycles. The van der Waals surface area contributed by atoms with Gasteiger partial charge in [0.15, 0.2) is 0 Å². The first kappa shape index (κ1) is 26.2. The van der Waals surface area contributed by atoms with Crippen molar-refractivity contribution in [2.45, 2.75) is 39.0 Å². The maximum absolute atomic E-state index is 5.38. The van der Waals surface area contributed by atoms with Crippen molar-refractivity contribution in [1.29, 1.82) is 0 Å². The lowest BCUT2D eigenvalue weighted by molar-refractivity contribution is 0.908. The fourth-order valence-corrected chi connectivity index (χ4v) is 7.60. The minimum atomic E-state index is 0.883. The third-order valence-corrected chi connectivity index (χ3v) is 9.69. The fraction of sp³-hybridized carbons (Fsp3) is 0.143. The van der Waals surface area contributed by atoms with Crippen LogP contribution < -0.4 is 0 Å². The number of para-hydroxylation sites is 2. The number of imidazole rings is 1. The van der Waals surface area contributed by atoms with Crippen molar-refractivity contribution in [2.24, 2.45) is 0 Å². The highest BCUT2D eigenvalue weighted by atomic mass is 15.1. The molecule has 2 aliphatic rings. The summed E-state index contributed by atoms with van der Waals surface area (Å²) in [6, 6.07) is 35.2. The van der Waals surface area contributed by atoms with Crippen molar-refractivity contribution < 1.29 is 0 Å². The van der Waals surface area contributed by atoms with Gasteiger partial charge in [-0.05, 0) is 100 Å². The molecule has 3 nitrogen and oxygen atoms in total. The van der Waals surface area contributed by atoms with E-state index in [4.69, 9.17) is 9.97 Å². The second-order valence-corrected chi connectivity index (χ2v) is 12.2. The summed E-state index contributed by atoms with van der Waals surface area (Å²) in [5.41, 5.74) is 13.4. The molecule has 0 saturated heterocycles. The van der Waals surface area contributed by atoms with Gasteiger partial charge in [-0.2, -0.15) is 0 Å². The number of aryl methyl sites for hydroxylation is 3. The predicted molar refractivity (Wildman–Crippen MR) is 189 cm³/mol. The highest BCUT2D eigenvalue weighted by molar-refractivity contribution is 6.19. The standard InChI is InChI=1S/C42H33N3/c1-2-39-43-37-17-9-10-18-38(37)45(39)30-25-23-28(24-26-30)27-19-21-29(22-20-27)42-41-34-14-6-4-12-32(34)31-11-3-5-13-33(31)40(41)35-15-7-8-16-36(35)44-42/h3-4,6,8-12,14,16-26H,2,5,7,13,15H2,1H3. The molecule has 0 N–H and O–H groups in total. The zero-order valence-corrected chi connectivity index (χ0v) is 25.4. The molecule has 7 aromatic rings. The van der Waals surface area contributed by atoms with Crippen LogP contribution in [0, 0.1) is 0 Å². The van der Waals surface area contributed by atoms with Crippen molar-refractivity contribution in [2.75, 3.05) is 0 Å². The number of nitrogens with zero attached hydrogens (tertiary/aromatic N) is 3. The number of benzene rings is 5. The molecule has 0 unspecified atom stereocenters. The van der Waals surface area contributed by atoms with Crippen molar-refractivity contribution in [3.05, 3.63) is 137 Å². The molecule has 9 rings (SSSR count). The van der Waals surface area contributed by atoms with E-state index in [0.29, 0.717) is 0 Å². The molecule has 0 fully saturated rings. The molecule has 2 heterocycles. The Balaban J connectivity index is 1.17. The Hall–Kier alpha value is -5.28. The van der Waals surface area contributed by atoms with E-state index < -0.39 is 0 Å². The first-order valence-corrected chi connectivity index (χ1v) is 16.2. The summed E-state index contributed by atoms with van der Waals surface area (Å²) >= 11 is 0. The average molecular weight is 580 g/mol. The second-order valence-electron chi connectivity index (χ2n) is 12.2. The molecule has 0 atom stereocenters. The number of hydrogen-bond donors (Lipinski definition) is 0. The van der Waals surface area contributed by atoms with Gasteiger partial charge in [-0.25, -0.2) is 9.97 Å². The lowest BCUT2D eigenvalue weighted by Gasteiger charge is -2.24.